The summed E-state index contributed by atoms with van der Waals surface area (Å²) in [7, 11) is 5.06. The van der Waals surface area contributed by atoms with Gasteiger partial charge in [-0.2, -0.15) is 0 Å². The number of fused-ring (bicyclic) bond motifs is 1. The zero-order valence-electron chi connectivity index (χ0n) is 12.4. The van der Waals surface area contributed by atoms with Crippen LogP contribution in [0.25, 0.3) is 10.2 Å². The van der Waals surface area contributed by atoms with Crippen molar-refractivity contribution in [2.45, 2.75) is 6.92 Å². The van der Waals surface area contributed by atoms with Crippen LogP contribution in [-0.4, -0.2) is 55.1 Å². The molecule has 0 saturated carbocycles. The average Bonchev–Trinajstić information content (AvgIpc) is 2.75. The first-order valence-electron chi connectivity index (χ1n) is 6.36. The summed E-state index contributed by atoms with van der Waals surface area (Å²) in [5, 5.41) is 4.13. The summed E-state index contributed by atoms with van der Waals surface area (Å²) in [5.74, 6) is 0.384. The van der Waals surface area contributed by atoms with E-state index in [0.29, 0.717) is 34.0 Å². The number of amides is 1. The summed E-state index contributed by atoms with van der Waals surface area (Å²) in [5.41, 5.74) is 0.821. The van der Waals surface area contributed by atoms with Crippen LogP contribution >= 0.6 is 22.9 Å². The molecule has 0 saturated heterocycles. The van der Waals surface area contributed by atoms with E-state index >= 15 is 0 Å². The van der Waals surface area contributed by atoms with Gasteiger partial charge >= 0.3 is 0 Å². The van der Waals surface area contributed by atoms with Crippen LogP contribution < -0.4 is 5.32 Å². The van der Waals surface area contributed by atoms with Gasteiger partial charge in [0.15, 0.2) is 0 Å². The zero-order valence-corrected chi connectivity index (χ0v) is 13.9. The van der Waals surface area contributed by atoms with Crippen LogP contribution in [0.5, 0.6) is 0 Å². The fourth-order valence-electron chi connectivity index (χ4n) is 1.84. The third-order valence-electron chi connectivity index (χ3n) is 2.94. The van der Waals surface area contributed by atoms with Gasteiger partial charge in [0.05, 0.1) is 16.9 Å². The van der Waals surface area contributed by atoms with Crippen LogP contribution in [0.4, 0.5) is 5.95 Å². The standard InChI is InChI=1S/C13H17ClN4O2S/c1-7-8-10(14)16-13(15-5-6-20-4)17-11(8)21-9(7)12(19)18(2)3/h5-6H2,1-4H3,(H,15,16,17). The highest BCUT2D eigenvalue weighted by molar-refractivity contribution is 7.20. The maximum atomic E-state index is 12.2. The highest BCUT2D eigenvalue weighted by Gasteiger charge is 2.20. The first-order chi connectivity index (χ1) is 9.95. The molecule has 1 amide bonds. The third-order valence-corrected chi connectivity index (χ3v) is 4.38. The van der Waals surface area contributed by atoms with E-state index in [1.165, 1.54) is 16.2 Å². The maximum Gasteiger partial charge on any atom is 0.263 e. The monoisotopic (exact) mass is 328 g/mol. The second-order valence-corrected chi connectivity index (χ2v) is 6.05. The number of nitrogens with zero attached hydrogens (tertiary/aromatic N) is 3. The minimum Gasteiger partial charge on any atom is -0.383 e. The lowest BCUT2D eigenvalue weighted by Crippen LogP contribution is -2.21. The van der Waals surface area contributed by atoms with Crippen molar-refractivity contribution in [2.24, 2.45) is 0 Å². The Balaban J connectivity index is 2.43. The first kappa shape index (κ1) is 15.9. The summed E-state index contributed by atoms with van der Waals surface area (Å²) >= 11 is 7.57. The highest BCUT2D eigenvalue weighted by Crippen LogP contribution is 2.34. The van der Waals surface area contributed by atoms with Gasteiger partial charge in [0.2, 0.25) is 5.95 Å². The van der Waals surface area contributed by atoms with E-state index < -0.39 is 0 Å². The Bertz CT molecular complexity index is 672. The Morgan fingerprint density at radius 2 is 2.14 bits per heavy atom. The minimum atomic E-state index is -0.0551. The SMILES string of the molecule is COCCNc1nc(Cl)c2c(C)c(C(=O)N(C)C)sc2n1. The van der Waals surface area contributed by atoms with Gasteiger partial charge in [-0.1, -0.05) is 11.6 Å². The van der Waals surface area contributed by atoms with Gasteiger partial charge in [0.1, 0.15) is 9.98 Å². The summed E-state index contributed by atoms with van der Waals surface area (Å²) in [4.78, 5) is 23.7. The van der Waals surface area contributed by atoms with Gasteiger partial charge in [0.25, 0.3) is 5.91 Å². The van der Waals surface area contributed by atoms with E-state index in [1.54, 1.807) is 21.2 Å². The van der Waals surface area contributed by atoms with Crippen molar-refractivity contribution in [1.82, 2.24) is 14.9 Å². The molecule has 8 heteroatoms. The summed E-state index contributed by atoms with van der Waals surface area (Å²) in [6.45, 7) is 3.00. The number of hydrogen-bond donors (Lipinski definition) is 1. The van der Waals surface area contributed by atoms with E-state index in [1.807, 2.05) is 6.92 Å². The largest absolute Gasteiger partial charge is 0.383 e. The summed E-state index contributed by atoms with van der Waals surface area (Å²) in [6.07, 6.45) is 0. The number of methoxy groups -OCH3 is 1. The molecule has 0 aliphatic carbocycles. The Hall–Kier alpha value is -1.44. The molecule has 0 bridgehead atoms. The molecule has 0 aliphatic heterocycles. The number of rotatable bonds is 5. The molecule has 0 spiro atoms. The Labute approximate surface area is 132 Å². The van der Waals surface area contributed by atoms with Gasteiger partial charge in [-0.25, -0.2) is 9.97 Å². The number of aryl methyl sites for hydroxylation is 1. The number of nitrogens with one attached hydrogen (secondary N) is 1. The number of carbonyl (C=O) groups is 1. The van der Waals surface area contributed by atoms with Crippen molar-refractivity contribution in [3.8, 4) is 0 Å². The maximum absolute atomic E-state index is 12.2. The van der Waals surface area contributed by atoms with E-state index in [0.717, 1.165) is 10.9 Å². The predicted molar refractivity (Wildman–Crippen MR) is 85.5 cm³/mol. The fraction of sp³-hybridized carbons (Fsp3) is 0.462. The molecule has 21 heavy (non-hydrogen) atoms. The molecule has 0 fully saturated rings. The number of aromatic nitrogens is 2. The molecule has 2 heterocycles. The normalized spacial score (nSPS) is 10.9. The van der Waals surface area contributed by atoms with Gasteiger partial charge in [-0.05, 0) is 12.5 Å². The molecule has 0 unspecified atom stereocenters. The molecule has 114 valence electrons. The number of carbonyl (C=O) groups excluding carboxylic acids is 1. The average molecular weight is 329 g/mol. The molecule has 0 atom stereocenters. The number of thiophene rings is 1. The van der Waals surface area contributed by atoms with Gasteiger partial charge in [0, 0.05) is 27.7 Å². The molecule has 2 rings (SSSR count). The topological polar surface area (TPSA) is 67.3 Å². The molecule has 6 nitrogen and oxygen atoms in total. The van der Waals surface area contributed by atoms with Crippen LogP contribution in [-0.2, 0) is 4.74 Å². The molecular formula is C13H17ClN4O2S. The second-order valence-electron chi connectivity index (χ2n) is 4.69. The van der Waals surface area contributed by atoms with Crippen molar-refractivity contribution in [3.63, 3.8) is 0 Å². The van der Waals surface area contributed by atoms with E-state index in [-0.39, 0.29) is 5.91 Å². The second kappa shape index (κ2) is 6.55. The van der Waals surface area contributed by atoms with Crippen molar-refractivity contribution in [1.29, 1.82) is 0 Å². The minimum absolute atomic E-state index is 0.0551. The van der Waals surface area contributed by atoms with Crippen molar-refractivity contribution < 1.29 is 9.53 Å². The zero-order chi connectivity index (χ0) is 15.6. The molecule has 0 radical (unpaired) electrons. The van der Waals surface area contributed by atoms with Gasteiger partial charge in [-0.15, -0.1) is 11.3 Å². The fourth-order valence-corrected chi connectivity index (χ4v) is 3.41. The molecule has 0 aromatic carbocycles. The van der Waals surface area contributed by atoms with Crippen LogP contribution in [0.3, 0.4) is 0 Å². The number of ether oxygens (including phenoxy) is 1. The van der Waals surface area contributed by atoms with Gasteiger partial charge < -0.3 is 15.0 Å². The lowest BCUT2D eigenvalue weighted by Gasteiger charge is -2.08. The Morgan fingerprint density at radius 1 is 1.43 bits per heavy atom. The van der Waals surface area contributed by atoms with Crippen LogP contribution in [0, 0.1) is 6.92 Å². The summed E-state index contributed by atoms with van der Waals surface area (Å²) < 4.78 is 4.96. The third kappa shape index (κ3) is 3.25. The van der Waals surface area contributed by atoms with Crippen LogP contribution in [0.15, 0.2) is 0 Å². The Morgan fingerprint density at radius 3 is 2.76 bits per heavy atom. The quantitative estimate of drug-likeness (QED) is 0.674. The van der Waals surface area contributed by atoms with E-state index in [2.05, 4.69) is 15.3 Å². The van der Waals surface area contributed by atoms with Crippen molar-refractivity contribution in [2.75, 3.05) is 39.7 Å². The van der Waals surface area contributed by atoms with Crippen LogP contribution in [0.1, 0.15) is 15.2 Å². The number of hydrogen-bond acceptors (Lipinski definition) is 6. The lowest BCUT2D eigenvalue weighted by atomic mass is 10.2. The predicted octanol–water partition coefficient (Wildman–Crippen LogP) is 2.41. The molecular weight excluding hydrogens is 312 g/mol. The number of anilines is 1. The summed E-state index contributed by atoms with van der Waals surface area (Å²) in [6, 6.07) is 0. The molecule has 0 aliphatic rings. The smallest absolute Gasteiger partial charge is 0.263 e. The van der Waals surface area contributed by atoms with E-state index in [4.69, 9.17) is 16.3 Å². The lowest BCUT2D eigenvalue weighted by molar-refractivity contribution is 0.0831. The van der Waals surface area contributed by atoms with Crippen LogP contribution in [0.2, 0.25) is 5.15 Å². The number of halogens is 1. The van der Waals surface area contributed by atoms with Crippen molar-refractivity contribution in [3.05, 3.63) is 15.6 Å². The van der Waals surface area contributed by atoms with E-state index in [9.17, 15) is 4.79 Å². The molecule has 2 aromatic heterocycles. The first-order valence-corrected chi connectivity index (χ1v) is 7.56. The van der Waals surface area contributed by atoms with Crippen molar-refractivity contribution >= 4 is 45.0 Å². The Kier molecular flexibility index (Phi) is 4.97. The van der Waals surface area contributed by atoms with Gasteiger partial charge in [-0.3, -0.25) is 4.79 Å². The molecule has 2 aromatic rings. The molecule has 1 N–H and O–H groups in total. The highest BCUT2D eigenvalue weighted by atomic mass is 35.5.